The Balaban J connectivity index is 1.65. The summed E-state index contributed by atoms with van der Waals surface area (Å²) in [7, 11) is 0. The molecule has 0 fully saturated rings. The van der Waals surface area contributed by atoms with Gasteiger partial charge in [0.2, 0.25) is 0 Å². The number of carboxylic acids is 1. The fourth-order valence-corrected chi connectivity index (χ4v) is 4.56. The van der Waals surface area contributed by atoms with Crippen molar-refractivity contribution in [1.29, 1.82) is 0 Å². The molecule has 5 rings (SSSR count). The van der Waals surface area contributed by atoms with Crippen LogP contribution in [0, 0.1) is 5.92 Å². The van der Waals surface area contributed by atoms with Crippen LogP contribution in [0.1, 0.15) is 39.9 Å². The summed E-state index contributed by atoms with van der Waals surface area (Å²) in [5.41, 5.74) is 3.81. The summed E-state index contributed by atoms with van der Waals surface area (Å²) < 4.78 is 0. The second kappa shape index (κ2) is 5.73. The van der Waals surface area contributed by atoms with E-state index < -0.39 is 5.97 Å². The Hall–Kier alpha value is -3.07. The van der Waals surface area contributed by atoms with Crippen molar-refractivity contribution in [3.63, 3.8) is 0 Å². The zero-order valence-electron chi connectivity index (χ0n) is 14.2. The molecule has 0 spiro atoms. The van der Waals surface area contributed by atoms with Crippen LogP contribution in [-0.4, -0.2) is 11.1 Å². The maximum atomic E-state index is 11.4. The van der Waals surface area contributed by atoms with E-state index in [2.05, 4.69) is 59.9 Å². The molecular weight excluding hydrogens is 322 g/mol. The van der Waals surface area contributed by atoms with Gasteiger partial charge in [-0.2, -0.15) is 0 Å². The minimum Gasteiger partial charge on any atom is -0.478 e. The third kappa shape index (κ3) is 2.24. The highest BCUT2D eigenvalue weighted by Gasteiger charge is 2.38. The van der Waals surface area contributed by atoms with E-state index >= 15 is 0 Å². The molecule has 1 heterocycles. The van der Waals surface area contributed by atoms with Gasteiger partial charge < -0.3 is 10.4 Å². The van der Waals surface area contributed by atoms with Gasteiger partial charge in [-0.3, -0.25) is 0 Å². The van der Waals surface area contributed by atoms with Crippen molar-refractivity contribution >= 4 is 22.4 Å². The van der Waals surface area contributed by atoms with Crippen molar-refractivity contribution in [2.24, 2.45) is 5.92 Å². The number of carbonyl (C=O) groups is 1. The second-order valence-corrected chi connectivity index (χ2v) is 7.15. The van der Waals surface area contributed by atoms with Crippen LogP contribution in [0.2, 0.25) is 0 Å². The SMILES string of the molecule is O=C(O)c1ccc2c(c1)C1C=CCC1C(c1cccc3ccccc13)N2. The highest BCUT2D eigenvalue weighted by molar-refractivity contribution is 5.89. The maximum absolute atomic E-state index is 11.4. The highest BCUT2D eigenvalue weighted by Crippen LogP contribution is 2.50. The molecule has 26 heavy (non-hydrogen) atoms. The zero-order valence-corrected chi connectivity index (χ0v) is 14.2. The monoisotopic (exact) mass is 341 g/mol. The molecule has 0 radical (unpaired) electrons. The molecule has 3 aromatic rings. The van der Waals surface area contributed by atoms with Crippen LogP contribution in [0.25, 0.3) is 10.8 Å². The highest BCUT2D eigenvalue weighted by atomic mass is 16.4. The Kier molecular flexibility index (Phi) is 3.35. The molecule has 1 aliphatic heterocycles. The zero-order chi connectivity index (χ0) is 17.7. The number of hydrogen-bond acceptors (Lipinski definition) is 2. The topological polar surface area (TPSA) is 49.3 Å². The number of benzene rings is 3. The van der Waals surface area contributed by atoms with Crippen LogP contribution in [0.15, 0.2) is 72.8 Å². The predicted molar refractivity (Wildman–Crippen MR) is 104 cm³/mol. The van der Waals surface area contributed by atoms with Crippen LogP contribution >= 0.6 is 0 Å². The molecule has 3 atom stereocenters. The molecule has 3 nitrogen and oxygen atoms in total. The summed E-state index contributed by atoms with van der Waals surface area (Å²) in [6, 6.07) is 20.6. The number of allylic oxidation sites excluding steroid dienone is 2. The third-order valence-electron chi connectivity index (χ3n) is 5.77. The average Bonchev–Trinajstić information content (AvgIpc) is 3.16. The maximum Gasteiger partial charge on any atom is 0.335 e. The van der Waals surface area contributed by atoms with Gasteiger partial charge in [-0.1, -0.05) is 54.6 Å². The van der Waals surface area contributed by atoms with Gasteiger partial charge in [-0.05, 0) is 52.4 Å². The molecule has 0 saturated carbocycles. The van der Waals surface area contributed by atoms with Crippen molar-refractivity contribution in [2.45, 2.75) is 18.4 Å². The number of anilines is 1. The summed E-state index contributed by atoms with van der Waals surface area (Å²) in [5, 5.41) is 15.6. The van der Waals surface area contributed by atoms with Crippen LogP contribution in [0.5, 0.6) is 0 Å². The van der Waals surface area contributed by atoms with E-state index in [1.165, 1.54) is 16.3 Å². The molecule has 2 N–H and O–H groups in total. The van der Waals surface area contributed by atoms with Gasteiger partial charge in [-0.25, -0.2) is 4.79 Å². The molecule has 2 aliphatic rings. The number of rotatable bonds is 2. The smallest absolute Gasteiger partial charge is 0.335 e. The van der Waals surface area contributed by atoms with Gasteiger partial charge in [-0.15, -0.1) is 0 Å². The van der Waals surface area contributed by atoms with Gasteiger partial charge in [0.15, 0.2) is 0 Å². The Bertz CT molecular complexity index is 1050. The average molecular weight is 341 g/mol. The van der Waals surface area contributed by atoms with Crippen LogP contribution < -0.4 is 5.32 Å². The molecule has 0 amide bonds. The summed E-state index contributed by atoms with van der Waals surface area (Å²) >= 11 is 0. The van der Waals surface area contributed by atoms with Crippen molar-refractivity contribution in [3.8, 4) is 0 Å². The van der Waals surface area contributed by atoms with Gasteiger partial charge in [0.25, 0.3) is 0 Å². The summed E-state index contributed by atoms with van der Waals surface area (Å²) in [6.07, 6.45) is 5.48. The first-order chi connectivity index (χ1) is 12.7. The quantitative estimate of drug-likeness (QED) is 0.617. The number of hydrogen-bond donors (Lipinski definition) is 2. The third-order valence-corrected chi connectivity index (χ3v) is 5.77. The molecular formula is C23H19NO2. The number of nitrogens with one attached hydrogen (secondary N) is 1. The number of fused-ring (bicyclic) bond motifs is 4. The van der Waals surface area contributed by atoms with Crippen LogP contribution in [-0.2, 0) is 0 Å². The Morgan fingerprint density at radius 3 is 2.73 bits per heavy atom. The van der Waals surface area contributed by atoms with E-state index in [1.807, 2.05) is 12.1 Å². The Labute approximate surface area is 152 Å². The lowest BCUT2D eigenvalue weighted by molar-refractivity contribution is 0.0696. The Morgan fingerprint density at radius 2 is 1.85 bits per heavy atom. The first kappa shape index (κ1) is 15.2. The van der Waals surface area contributed by atoms with E-state index in [0.29, 0.717) is 11.5 Å². The molecule has 1 aliphatic carbocycles. The molecule has 128 valence electrons. The van der Waals surface area contributed by atoms with E-state index in [-0.39, 0.29) is 12.0 Å². The molecule has 0 aromatic heterocycles. The van der Waals surface area contributed by atoms with E-state index in [4.69, 9.17) is 0 Å². The Morgan fingerprint density at radius 1 is 1.00 bits per heavy atom. The summed E-state index contributed by atoms with van der Waals surface area (Å²) in [5.74, 6) is -0.214. The van der Waals surface area contributed by atoms with E-state index in [0.717, 1.165) is 17.7 Å². The lowest BCUT2D eigenvalue weighted by Crippen LogP contribution is -2.29. The molecule has 0 saturated heterocycles. The fraction of sp³-hybridized carbons (Fsp3) is 0.174. The molecule has 3 heteroatoms. The normalized spacial score (nSPS) is 23.3. The fourth-order valence-electron chi connectivity index (χ4n) is 4.56. The molecule has 3 unspecified atom stereocenters. The number of carboxylic acid groups (broad SMARTS) is 1. The van der Waals surface area contributed by atoms with Gasteiger partial charge in [0.05, 0.1) is 11.6 Å². The molecule has 3 aromatic carbocycles. The summed E-state index contributed by atoms with van der Waals surface area (Å²) in [4.78, 5) is 11.4. The standard InChI is InChI=1S/C23H19NO2/c25-23(26)15-11-12-21-20(13-15)17-8-4-10-19(17)22(24-21)18-9-3-6-14-5-1-2-7-16(14)18/h1-9,11-13,17,19,22,24H,10H2,(H,25,26). The van der Waals surface area contributed by atoms with Crippen molar-refractivity contribution in [3.05, 3.63) is 89.5 Å². The summed E-state index contributed by atoms with van der Waals surface area (Å²) in [6.45, 7) is 0. The van der Waals surface area contributed by atoms with E-state index in [9.17, 15) is 9.90 Å². The van der Waals surface area contributed by atoms with Gasteiger partial charge in [0, 0.05) is 11.6 Å². The minimum absolute atomic E-state index is 0.212. The lowest BCUT2D eigenvalue weighted by Gasteiger charge is -2.38. The first-order valence-electron chi connectivity index (χ1n) is 9.00. The van der Waals surface area contributed by atoms with Crippen LogP contribution in [0.4, 0.5) is 5.69 Å². The van der Waals surface area contributed by atoms with Crippen molar-refractivity contribution in [1.82, 2.24) is 0 Å². The van der Waals surface area contributed by atoms with E-state index in [1.54, 1.807) is 6.07 Å². The van der Waals surface area contributed by atoms with Crippen molar-refractivity contribution < 1.29 is 9.90 Å². The predicted octanol–water partition coefficient (Wildman–Crippen LogP) is 5.36. The minimum atomic E-state index is -0.873. The van der Waals surface area contributed by atoms with Crippen molar-refractivity contribution in [2.75, 3.05) is 5.32 Å². The molecule has 0 bridgehead atoms. The van der Waals surface area contributed by atoms with Crippen LogP contribution in [0.3, 0.4) is 0 Å². The van der Waals surface area contributed by atoms with Gasteiger partial charge >= 0.3 is 5.97 Å². The lowest BCUT2D eigenvalue weighted by atomic mass is 9.76. The second-order valence-electron chi connectivity index (χ2n) is 7.15. The largest absolute Gasteiger partial charge is 0.478 e. The number of aromatic carboxylic acids is 1. The van der Waals surface area contributed by atoms with Gasteiger partial charge in [0.1, 0.15) is 0 Å². The first-order valence-corrected chi connectivity index (χ1v) is 9.00.